The number of fused-ring (bicyclic) bond motifs is 1. The lowest BCUT2D eigenvalue weighted by atomic mass is 9.99. The summed E-state index contributed by atoms with van der Waals surface area (Å²) in [7, 11) is 1.89. The fourth-order valence-electron chi connectivity index (χ4n) is 3.93. The molecule has 1 aliphatic heterocycles. The molecule has 0 saturated carbocycles. The normalized spacial score (nSPS) is 15.3. The van der Waals surface area contributed by atoms with Crippen molar-refractivity contribution in [3.63, 3.8) is 0 Å². The fourth-order valence-corrected chi connectivity index (χ4v) is 3.93. The van der Waals surface area contributed by atoms with E-state index < -0.39 is 0 Å². The number of rotatable bonds is 6. The standard InChI is InChI=1S/C23H26N8O/c1-14(2)20-22(32)28-19-15(3)27-23(29-21(19)30(20)4)25-10-18-11-26-31(13-18)12-17-7-5-16(9-24)6-8-17/h5-8,11,13-14,20H,10,12H2,1-4H3,(H,28,32)(H,25,27,29). The Hall–Kier alpha value is -3.93. The van der Waals surface area contributed by atoms with Gasteiger partial charge in [-0.3, -0.25) is 9.48 Å². The molecule has 32 heavy (non-hydrogen) atoms. The molecule has 2 N–H and O–H groups in total. The van der Waals surface area contributed by atoms with Gasteiger partial charge in [0.2, 0.25) is 11.9 Å². The van der Waals surface area contributed by atoms with Crippen molar-refractivity contribution in [1.29, 1.82) is 5.26 Å². The third-order valence-electron chi connectivity index (χ3n) is 5.54. The molecular formula is C23H26N8O. The topological polar surface area (TPSA) is 112 Å². The average molecular weight is 431 g/mol. The zero-order chi connectivity index (χ0) is 22.8. The van der Waals surface area contributed by atoms with E-state index in [0.29, 0.717) is 30.3 Å². The second kappa shape index (κ2) is 8.67. The summed E-state index contributed by atoms with van der Waals surface area (Å²) >= 11 is 0. The maximum absolute atomic E-state index is 12.5. The second-order valence-electron chi connectivity index (χ2n) is 8.33. The number of benzene rings is 1. The SMILES string of the molecule is Cc1nc(NCc2cnn(Cc3ccc(C#N)cc3)c2)nc2c1NC(=O)C(C(C)C)N2C. The third kappa shape index (κ3) is 4.25. The van der Waals surface area contributed by atoms with Crippen molar-refractivity contribution >= 4 is 23.4 Å². The molecule has 0 saturated heterocycles. The van der Waals surface area contributed by atoms with Crippen LogP contribution in [0.2, 0.25) is 0 Å². The van der Waals surface area contributed by atoms with Gasteiger partial charge in [-0.25, -0.2) is 4.98 Å². The number of aryl methyl sites for hydroxylation is 1. The van der Waals surface area contributed by atoms with E-state index in [-0.39, 0.29) is 17.9 Å². The number of nitrogens with one attached hydrogen (secondary N) is 2. The summed E-state index contributed by atoms with van der Waals surface area (Å²) in [4.78, 5) is 23.6. The summed E-state index contributed by atoms with van der Waals surface area (Å²) < 4.78 is 1.86. The molecule has 4 rings (SSSR count). The number of aromatic nitrogens is 4. The zero-order valence-corrected chi connectivity index (χ0v) is 18.6. The monoisotopic (exact) mass is 430 g/mol. The van der Waals surface area contributed by atoms with Gasteiger partial charge in [0.15, 0.2) is 5.82 Å². The number of amides is 1. The van der Waals surface area contributed by atoms with Crippen LogP contribution in [0.1, 0.15) is 36.2 Å². The highest BCUT2D eigenvalue weighted by atomic mass is 16.2. The molecule has 0 bridgehead atoms. The van der Waals surface area contributed by atoms with Crippen molar-refractivity contribution in [3.8, 4) is 6.07 Å². The molecule has 9 heteroatoms. The van der Waals surface area contributed by atoms with Crippen LogP contribution >= 0.6 is 0 Å². The maximum atomic E-state index is 12.5. The van der Waals surface area contributed by atoms with Gasteiger partial charge >= 0.3 is 0 Å². The highest BCUT2D eigenvalue weighted by Gasteiger charge is 2.35. The van der Waals surface area contributed by atoms with Gasteiger partial charge in [-0.15, -0.1) is 0 Å². The minimum absolute atomic E-state index is 0.0305. The van der Waals surface area contributed by atoms with Crippen molar-refractivity contribution in [1.82, 2.24) is 19.7 Å². The van der Waals surface area contributed by atoms with Gasteiger partial charge in [-0.2, -0.15) is 15.3 Å². The first-order chi connectivity index (χ1) is 15.4. The van der Waals surface area contributed by atoms with Crippen LogP contribution in [-0.2, 0) is 17.9 Å². The van der Waals surface area contributed by atoms with Crippen LogP contribution in [0.15, 0.2) is 36.7 Å². The van der Waals surface area contributed by atoms with Gasteiger partial charge in [-0.05, 0) is 30.5 Å². The van der Waals surface area contributed by atoms with E-state index in [4.69, 9.17) is 5.26 Å². The summed E-state index contributed by atoms with van der Waals surface area (Å²) in [6, 6.07) is 9.33. The molecule has 1 aliphatic rings. The first-order valence-corrected chi connectivity index (χ1v) is 10.5. The Balaban J connectivity index is 1.45. The van der Waals surface area contributed by atoms with E-state index in [1.807, 2.05) is 61.9 Å². The highest BCUT2D eigenvalue weighted by molar-refractivity contribution is 6.03. The van der Waals surface area contributed by atoms with Crippen LogP contribution in [0.3, 0.4) is 0 Å². The molecule has 164 valence electrons. The summed E-state index contributed by atoms with van der Waals surface area (Å²) in [5, 5.41) is 19.6. The number of carbonyl (C=O) groups is 1. The molecule has 3 aromatic rings. The van der Waals surface area contributed by atoms with E-state index in [1.54, 1.807) is 12.1 Å². The second-order valence-corrected chi connectivity index (χ2v) is 8.33. The summed E-state index contributed by atoms with van der Waals surface area (Å²) in [6.45, 7) is 7.06. The molecule has 3 heterocycles. The lowest BCUT2D eigenvalue weighted by molar-refractivity contribution is -0.118. The largest absolute Gasteiger partial charge is 0.350 e. The Morgan fingerprint density at radius 3 is 2.66 bits per heavy atom. The molecular weight excluding hydrogens is 404 g/mol. The number of carbonyl (C=O) groups excluding carboxylic acids is 1. The summed E-state index contributed by atoms with van der Waals surface area (Å²) in [5.74, 6) is 1.35. The number of nitriles is 1. The minimum atomic E-state index is -0.273. The Kier molecular flexibility index (Phi) is 5.77. The van der Waals surface area contributed by atoms with Gasteiger partial charge in [-0.1, -0.05) is 26.0 Å². The van der Waals surface area contributed by atoms with E-state index in [1.165, 1.54) is 0 Å². The van der Waals surface area contributed by atoms with Crippen molar-refractivity contribution in [2.45, 2.75) is 39.9 Å². The molecule has 2 aromatic heterocycles. The smallest absolute Gasteiger partial charge is 0.247 e. The van der Waals surface area contributed by atoms with Gasteiger partial charge in [0.25, 0.3) is 0 Å². The molecule has 1 amide bonds. The molecule has 1 unspecified atom stereocenters. The number of likely N-dealkylation sites (N-methyl/N-ethyl adjacent to an activating group) is 1. The fraction of sp³-hybridized carbons (Fsp3) is 0.348. The van der Waals surface area contributed by atoms with E-state index in [2.05, 4.69) is 31.8 Å². The molecule has 1 atom stereocenters. The molecule has 0 aliphatic carbocycles. The predicted octanol–water partition coefficient (Wildman–Crippen LogP) is 2.93. The Labute approximate surface area is 187 Å². The van der Waals surface area contributed by atoms with E-state index in [0.717, 1.165) is 22.6 Å². The first-order valence-electron chi connectivity index (χ1n) is 10.5. The number of hydrogen-bond acceptors (Lipinski definition) is 7. The van der Waals surface area contributed by atoms with Crippen molar-refractivity contribution in [3.05, 3.63) is 59.0 Å². The lowest BCUT2D eigenvalue weighted by Crippen LogP contribution is -2.49. The predicted molar refractivity (Wildman–Crippen MR) is 122 cm³/mol. The van der Waals surface area contributed by atoms with Crippen LogP contribution in [0.4, 0.5) is 17.5 Å². The Morgan fingerprint density at radius 1 is 1.22 bits per heavy atom. The Bertz CT molecular complexity index is 1180. The average Bonchev–Trinajstić information content (AvgIpc) is 3.21. The molecule has 1 aromatic carbocycles. The van der Waals surface area contributed by atoms with Crippen LogP contribution in [-0.4, -0.2) is 38.7 Å². The van der Waals surface area contributed by atoms with Gasteiger partial charge in [0, 0.05) is 25.4 Å². The Morgan fingerprint density at radius 2 is 1.97 bits per heavy atom. The zero-order valence-electron chi connectivity index (χ0n) is 18.6. The van der Waals surface area contributed by atoms with Crippen molar-refractivity contribution < 1.29 is 4.79 Å². The number of nitrogens with zero attached hydrogens (tertiary/aromatic N) is 6. The maximum Gasteiger partial charge on any atom is 0.247 e. The van der Waals surface area contributed by atoms with Crippen LogP contribution < -0.4 is 15.5 Å². The van der Waals surface area contributed by atoms with E-state index >= 15 is 0 Å². The molecule has 0 radical (unpaired) electrons. The molecule has 0 spiro atoms. The van der Waals surface area contributed by atoms with Gasteiger partial charge in [0.1, 0.15) is 11.7 Å². The summed E-state index contributed by atoms with van der Waals surface area (Å²) in [5.41, 5.74) is 4.10. The van der Waals surface area contributed by atoms with E-state index in [9.17, 15) is 4.79 Å². The highest BCUT2D eigenvalue weighted by Crippen LogP contribution is 2.34. The van der Waals surface area contributed by atoms with Crippen molar-refractivity contribution in [2.75, 3.05) is 22.6 Å². The van der Waals surface area contributed by atoms with Crippen LogP contribution in [0, 0.1) is 24.2 Å². The van der Waals surface area contributed by atoms with Gasteiger partial charge in [0.05, 0.1) is 30.1 Å². The lowest BCUT2D eigenvalue weighted by Gasteiger charge is -2.36. The molecule has 0 fully saturated rings. The van der Waals surface area contributed by atoms with Crippen molar-refractivity contribution in [2.24, 2.45) is 5.92 Å². The number of anilines is 3. The summed E-state index contributed by atoms with van der Waals surface area (Å²) in [6.07, 6.45) is 3.78. The van der Waals surface area contributed by atoms with Crippen LogP contribution in [0.5, 0.6) is 0 Å². The quantitative estimate of drug-likeness (QED) is 0.618. The van der Waals surface area contributed by atoms with Crippen LogP contribution in [0.25, 0.3) is 0 Å². The van der Waals surface area contributed by atoms with Gasteiger partial charge < -0.3 is 15.5 Å². The first kappa shape index (κ1) is 21.3. The molecule has 9 nitrogen and oxygen atoms in total. The minimum Gasteiger partial charge on any atom is -0.350 e. The third-order valence-corrected chi connectivity index (χ3v) is 5.54. The number of hydrogen-bond donors (Lipinski definition) is 2.